The normalized spacial score (nSPS) is 10.4. The van der Waals surface area contributed by atoms with Crippen molar-refractivity contribution in [3.63, 3.8) is 0 Å². The van der Waals surface area contributed by atoms with Crippen molar-refractivity contribution in [2.45, 2.75) is 13.8 Å². The first-order valence-electron chi connectivity index (χ1n) is 5.86. The van der Waals surface area contributed by atoms with Crippen molar-refractivity contribution in [3.05, 3.63) is 28.2 Å². The summed E-state index contributed by atoms with van der Waals surface area (Å²) < 4.78 is 0.540. The number of hydrogen-bond donors (Lipinski definition) is 2. The molecule has 104 valence electrons. The van der Waals surface area contributed by atoms with E-state index < -0.39 is 5.97 Å². The van der Waals surface area contributed by atoms with Gasteiger partial charge in [0.05, 0.1) is 11.3 Å². The zero-order chi connectivity index (χ0) is 14.6. The van der Waals surface area contributed by atoms with Crippen LogP contribution in [0.5, 0.6) is 0 Å². The van der Waals surface area contributed by atoms with E-state index in [9.17, 15) is 9.59 Å². The minimum Gasteiger partial charge on any atom is -0.478 e. The highest BCUT2D eigenvalue weighted by atomic mass is 79.9. The summed E-state index contributed by atoms with van der Waals surface area (Å²) in [7, 11) is 1.72. The summed E-state index contributed by atoms with van der Waals surface area (Å²) in [6.07, 6.45) is 0. The van der Waals surface area contributed by atoms with Gasteiger partial charge in [0.25, 0.3) is 0 Å². The van der Waals surface area contributed by atoms with E-state index in [4.69, 9.17) is 5.11 Å². The maximum atomic E-state index is 11.9. The molecular formula is C13H17BrN2O3. The van der Waals surface area contributed by atoms with Gasteiger partial charge in [0.15, 0.2) is 0 Å². The molecular weight excluding hydrogens is 312 g/mol. The van der Waals surface area contributed by atoms with Gasteiger partial charge in [-0.3, -0.25) is 0 Å². The molecule has 6 heteroatoms. The number of halogens is 1. The molecule has 1 aromatic rings. The molecule has 19 heavy (non-hydrogen) atoms. The van der Waals surface area contributed by atoms with E-state index in [1.165, 1.54) is 12.1 Å². The van der Waals surface area contributed by atoms with Gasteiger partial charge in [-0.2, -0.15) is 0 Å². The van der Waals surface area contributed by atoms with Crippen molar-refractivity contribution in [3.8, 4) is 0 Å². The first-order valence-corrected chi connectivity index (χ1v) is 6.65. The van der Waals surface area contributed by atoms with Gasteiger partial charge in [-0.05, 0) is 40.0 Å². The second-order valence-corrected chi connectivity index (χ2v) is 5.56. The SMILES string of the molecule is CC(C)CN(C)C(=O)Nc1ccc(C(=O)O)cc1Br. The molecule has 2 N–H and O–H groups in total. The average molecular weight is 329 g/mol. The second kappa shape index (κ2) is 6.56. The summed E-state index contributed by atoms with van der Waals surface area (Å²) >= 11 is 3.25. The van der Waals surface area contributed by atoms with Gasteiger partial charge in [-0.1, -0.05) is 13.8 Å². The lowest BCUT2D eigenvalue weighted by Gasteiger charge is -2.20. The van der Waals surface area contributed by atoms with Crippen molar-refractivity contribution in [2.24, 2.45) is 5.92 Å². The Morgan fingerprint density at radius 3 is 2.53 bits per heavy atom. The van der Waals surface area contributed by atoms with Gasteiger partial charge in [-0.15, -0.1) is 0 Å². The molecule has 0 fully saturated rings. The van der Waals surface area contributed by atoms with E-state index in [1.54, 1.807) is 18.0 Å². The third kappa shape index (κ3) is 4.55. The number of hydrogen-bond acceptors (Lipinski definition) is 2. The van der Waals surface area contributed by atoms with Crippen LogP contribution in [0.3, 0.4) is 0 Å². The summed E-state index contributed by atoms with van der Waals surface area (Å²) in [6.45, 7) is 4.71. The number of carbonyl (C=O) groups excluding carboxylic acids is 1. The highest BCUT2D eigenvalue weighted by molar-refractivity contribution is 9.10. The third-order valence-electron chi connectivity index (χ3n) is 2.44. The number of nitrogens with one attached hydrogen (secondary N) is 1. The molecule has 0 aliphatic heterocycles. The van der Waals surface area contributed by atoms with Crippen LogP contribution < -0.4 is 5.32 Å². The number of nitrogens with zero attached hydrogens (tertiary/aromatic N) is 1. The van der Waals surface area contributed by atoms with Crippen LogP contribution in [0.4, 0.5) is 10.5 Å². The summed E-state index contributed by atoms with van der Waals surface area (Å²) in [4.78, 5) is 24.3. The molecule has 2 amide bonds. The fourth-order valence-corrected chi connectivity index (χ4v) is 2.07. The number of aromatic carboxylic acids is 1. The fourth-order valence-electron chi connectivity index (χ4n) is 1.59. The van der Waals surface area contributed by atoms with E-state index in [2.05, 4.69) is 21.2 Å². The lowest BCUT2D eigenvalue weighted by Crippen LogP contribution is -2.34. The summed E-state index contributed by atoms with van der Waals surface area (Å²) in [5, 5.41) is 11.6. The summed E-state index contributed by atoms with van der Waals surface area (Å²) in [5.74, 6) is -0.621. The summed E-state index contributed by atoms with van der Waals surface area (Å²) in [5.41, 5.74) is 0.714. The van der Waals surface area contributed by atoms with Gasteiger partial charge in [-0.25, -0.2) is 9.59 Å². The molecule has 0 atom stereocenters. The molecule has 1 aromatic carbocycles. The van der Waals surface area contributed by atoms with Gasteiger partial charge < -0.3 is 15.3 Å². The molecule has 0 spiro atoms. The Bertz CT molecular complexity index is 489. The number of amides is 2. The van der Waals surface area contributed by atoms with Crippen LogP contribution in [0.1, 0.15) is 24.2 Å². The Kier molecular flexibility index (Phi) is 5.35. The number of carbonyl (C=O) groups is 2. The monoisotopic (exact) mass is 328 g/mol. The van der Waals surface area contributed by atoms with Gasteiger partial charge >= 0.3 is 12.0 Å². The van der Waals surface area contributed by atoms with Crippen molar-refractivity contribution in [2.75, 3.05) is 18.9 Å². The minimum atomic E-state index is -1.00. The number of carboxylic acid groups (broad SMARTS) is 1. The first kappa shape index (κ1) is 15.5. The predicted molar refractivity (Wildman–Crippen MR) is 77.6 cm³/mol. The summed E-state index contributed by atoms with van der Waals surface area (Å²) in [6, 6.07) is 4.25. The van der Waals surface area contributed by atoms with E-state index in [0.29, 0.717) is 22.6 Å². The highest BCUT2D eigenvalue weighted by Crippen LogP contribution is 2.24. The van der Waals surface area contributed by atoms with Crippen molar-refractivity contribution < 1.29 is 14.7 Å². The van der Waals surface area contributed by atoms with Crippen molar-refractivity contribution in [1.29, 1.82) is 0 Å². The zero-order valence-corrected chi connectivity index (χ0v) is 12.7. The number of anilines is 1. The Labute approximate surface area is 120 Å². The molecule has 0 radical (unpaired) electrons. The Hall–Kier alpha value is -1.56. The molecule has 0 saturated heterocycles. The largest absolute Gasteiger partial charge is 0.478 e. The Balaban J connectivity index is 2.77. The Morgan fingerprint density at radius 1 is 1.42 bits per heavy atom. The number of benzene rings is 1. The van der Waals surface area contributed by atoms with Crippen molar-refractivity contribution in [1.82, 2.24) is 4.90 Å². The van der Waals surface area contributed by atoms with E-state index >= 15 is 0 Å². The van der Waals surface area contributed by atoms with E-state index in [0.717, 1.165) is 0 Å². The lowest BCUT2D eigenvalue weighted by atomic mass is 10.2. The standard InChI is InChI=1S/C13H17BrN2O3/c1-8(2)7-16(3)13(19)15-11-5-4-9(12(17)18)6-10(11)14/h4-6,8H,7H2,1-3H3,(H,15,19)(H,17,18). The van der Waals surface area contributed by atoms with E-state index in [1.807, 2.05) is 13.8 Å². The van der Waals surface area contributed by atoms with Crippen LogP contribution in [0.2, 0.25) is 0 Å². The third-order valence-corrected chi connectivity index (χ3v) is 3.10. The molecule has 0 aliphatic rings. The maximum Gasteiger partial charge on any atom is 0.335 e. The van der Waals surface area contributed by atoms with Crippen molar-refractivity contribution >= 4 is 33.6 Å². The van der Waals surface area contributed by atoms with Crippen LogP contribution in [-0.2, 0) is 0 Å². The van der Waals surface area contributed by atoms with Gasteiger partial charge in [0.2, 0.25) is 0 Å². The second-order valence-electron chi connectivity index (χ2n) is 4.70. The first-order chi connectivity index (χ1) is 8.81. The topological polar surface area (TPSA) is 69.6 Å². The Morgan fingerprint density at radius 2 is 2.05 bits per heavy atom. The van der Waals surface area contributed by atoms with Gasteiger partial charge in [0.1, 0.15) is 0 Å². The highest BCUT2D eigenvalue weighted by Gasteiger charge is 2.13. The molecule has 0 bridgehead atoms. The smallest absolute Gasteiger partial charge is 0.335 e. The number of urea groups is 1. The zero-order valence-electron chi connectivity index (χ0n) is 11.1. The lowest BCUT2D eigenvalue weighted by molar-refractivity contribution is 0.0697. The molecule has 5 nitrogen and oxygen atoms in total. The quantitative estimate of drug-likeness (QED) is 0.891. The molecule has 0 unspecified atom stereocenters. The van der Waals surface area contributed by atoms with Gasteiger partial charge in [0, 0.05) is 18.1 Å². The number of carboxylic acids is 1. The molecule has 0 aliphatic carbocycles. The van der Waals surface area contributed by atoms with Crippen LogP contribution >= 0.6 is 15.9 Å². The molecule has 0 aromatic heterocycles. The maximum absolute atomic E-state index is 11.9. The van der Waals surface area contributed by atoms with Crippen LogP contribution in [-0.4, -0.2) is 35.6 Å². The molecule has 1 rings (SSSR count). The molecule has 0 heterocycles. The van der Waals surface area contributed by atoms with Crippen LogP contribution in [0.15, 0.2) is 22.7 Å². The fraction of sp³-hybridized carbons (Fsp3) is 0.385. The van der Waals surface area contributed by atoms with Crippen LogP contribution in [0, 0.1) is 5.92 Å². The molecule has 0 saturated carbocycles. The average Bonchev–Trinajstić information content (AvgIpc) is 2.30. The minimum absolute atomic E-state index is 0.167. The predicted octanol–water partition coefficient (Wildman–Crippen LogP) is 3.27. The van der Waals surface area contributed by atoms with E-state index in [-0.39, 0.29) is 11.6 Å². The number of rotatable bonds is 4. The van der Waals surface area contributed by atoms with Crippen LogP contribution in [0.25, 0.3) is 0 Å².